The highest BCUT2D eigenvalue weighted by Gasteiger charge is 2.18. The van der Waals surface area contributed by atoms with Crippen molar-refractivity contribution in [1.29, 1.82) is 0 Å². The fourth-order valence-corrected chi connectivity index (χ4v) is 2.96. The number of imide groups is 1. The van der Waals surface area contributed by atoms with Gasteiger partial charge < -0.3 is 15.0 Å². The Morgan fingerprint density at radius 2 is 1.36 bits per heavy atom. The van der Waals surface area contributed by atoms with Gasteiger partial charge in [-0.2, -0.15) is 0 Å². The molecule has 0 rings (SSSR count). The van der Waals surface area contributed by atoms with Crippen molar-refractivity contribution in [3.63, 3.8) is 0 Å². The summed E-state index contributed by atoms with van der Waals surface area (Å²) in [6.45, 7) is 3.73. The van der Waals surface area contributed by atoms with E-state index in [1.165, 1.54) is 12.0 Å². The lowest BCUT2D eigenvalue weighted by Crippen LogP contribution is -2.44. The summed E-state index contributed by atoms with van der Waals surface area (Å²) in [7, 11) is 5.41. The molecule has 0 aliphatic rings. The minimum atomic E-state index is -0.279. The fraction of sp³-hybridized carbons (Fsp3) is 0.857. The van der Waals surface area contributed by atoms with Gasteiger partial charge in [0.1, 0.15) is 0 Å². The molecule has 0 unspecified atom stereocenters. The number of methoxy groups -OCH3 is 1. The van der Waals surface area contributed by atoms with Crippen LogP contribution < -0.4 is 5.32 Å². The number of carbonyl (C=O) groups is 3. The van der Waals surface area contributed by atoms with Crippen molar-refractivity contribution in [3.05, 3.63) is 0 Å². The molecule has 7 nitrogen and oxygen atoms in total. The van der Waals surface area contributed by atoms with Crippen LogP contribution in [0.2, 0.25) is 0 Å². The summed E-state index contributed by atoms with van der Waals surface area (Å²) in [5, 5.41) is 2.83. The highest BCUT2D eigenvalue weighted by Crippen LogP contribution is 2.11. The summed E-state index contributed by atoms with van der Waals surface area (Å²) in [6, 6.07) is -0.279. The second-order valence-electron chi connectivity index (χ2n) is 7.43. The van der Waals surface area contributed by atoms with Gasteiger partial charge in [-0.15, -0.1) is 0 Å². The lowest BCUT2D eigenvalue weighted by molar-refractivity contribution is -0.140. The molecule has 0 aliphatic heterocycles. The van der Waals surface area contributed by atoms with Gasteiger partial charge in [0.2, 0.25) is 5.91 Å². The average Bonchev–Trinajstić information content (AvgIpc) is 2.66. The fourth-order valence-electron chi connectivity index (χ4n) is 2.96. The molecule has 0 aromatic rings. The van der Waals surface area contributed by atoms with Crippen LogP contribution in [0.15, 0.2) is 0 Å². The molecule has 0 aromatic carbocycles. The van der Waals surface area contributed by atoms with Crippen LogP contribution in [-0.4, -0.2) is 68.5 Å². The second kappa shape index (κ2) is 17.5. The Labute approximate surface area is 171 Å². The van der Waals surface area contributed by atoms with E-state index in [4.69, 9.17) is 0 Å². The molecule has 0 spiro atoms. The van der Waals surface area contributed by atoms with E-state index in [0.717, 1.165) is 64.3 Å². The number of ether oxygens (including phenoxy) is 1. The van der Waals surface area contributed by atoms with Crippen LogP contribution in [0.4, 0.5) is 4.79 Å². The molecule has 0 aromatic heterocycles. The predicted octanol–water partition coefficient (Wildman–Crippen LogP) is 3.57. The number of esters is 1. The lowest BCUT2D eigenvalue weighted by Gasteiger charge is -2.20. The number of hydrogen-bond acceptors (Lipinski definition) is 5. The van der Waals surface area contributed by atoms with E-state index in [1.54, 1.807) is 0 Å². The summed E-state index contributed by atoms with van der Waals surface area (Å²) >= 11 is 0. The summed E-state index contributed by atoms with van der Waals surface area (Å²) in [5.41, 5.74) is 0. The summed E-state index contributed by atoms with van der Waals surface area (Å²) < 4.78 is 4.62. The largest absolute Gasteiger partial charge is 0.469 e. The third-order valence-electron chi connectivity index (χ3n) is 4.67. The molecular formula is C21H41N3O4. The Balaban J connectivity index is 3.71. The minimum absolute atomic E-state index is 0.0876. The van der Waals surface area contributed by atoms with E-state index in [1.807, 2.05) is 21.0 Å². The second-order valence-corrected chi connectivity index (χ2v) is 7.43. The number of nitrogens with one attached hydrogen (secondary N) is 1. The normalized spacial score (nSPS) is 10.8. The Kier molecular flexibility index (Phi) is 16.5. The maximum absolute atomic E-state index is 12.3. The summed E-state index contributed by atoms with van der Waals surface area (Å²) in [6.07, 6.45) is 10.1. The van der Waals surface area contributed by atoms with Gasteiger partial charge in [-0.1, -0.05) is 38.5 Å². The molecule has 28 heavy (non-hydrogen) atoms. The zero-order chi connectivity index (χ0) is 21.2. The van der Waals surface area contributed by atoms with E-state index < -0.39 is 0 Å². The van der Waals surface area contributed by atoms with Crippen molar-refractivity contribution in [2.24, 2.45) is 0 Å². The monoisotopic (exact) mass is 399 g/mol. The van der Waals surface area contributed by atoms with E-state index in [9.17, 15) is 14.4 Å². The van der Waals surface area contributed by atoms with E-state index >= 15 is 0 Å². The van der Waals surface area contributed by atoms with Gasteiger partial charge in [0, 0.05) is 25.9 Å². The molecule has 0 saturated heterocycles. The number of carbonyl (C=O) groups excluding carboxylic acids is 3. The molecule has 0 aliphatic carbocycles. The van der Waals surface area contributed by atoms with Crippen LogP contribution in [0.25, 0.3) is 0 Å². The quantitative estimate of drug-likeness (QED) is 0.317. The minimum Gasteiger partial charge on any atom is -0.469 e. The molecule has 1 N–H and O–H groups in total. The molecule has 0 fully saturated rings. The smallest absolute Gasteiger partial charge is 0.324 e. The lowest BCUT2D eigenvalue weighted by atomic mass is 10.1. The van der Waals surface area contributed by atoms with Crippen molar-refractivity contribution in [1.82, 2.24) is 15.1 Å². The zero-order valence-corrected chi connectivity index (χ0v) is 18.4. The molecule has 164 valence electrons. The van der Waals surface area contributed by atoms with E-state index in [2.05, 4.69) is 15.0 Å². The number of unbranched alkanes of at least 4 members (excludes halogenated alkanes) is 7. The van der Waals surface area contributed by atoms with Crippen LogP contribution in [0, 0.1) is 0 Å². The first kappa shape index (κ1) is 26.4. The maximum atomic E-state index is 12.3. The number of urea groups is 1. The molecule has 0 radical (unpaired) electrons. The van der Waals surface area contributed by atoms with Crippen LogP contribution in [0.1, 0.15) is 77.6 Å². The Morgan fingerprint density at radius 3 is 1.86 bits per heavy atom. The molecule has 3 amide bonds. The summed E-state index contributed by atoms with van der Waals surface area (Å²) in [4.78, 5) is 38.8. The van der Waals surface area contributed by atoms with Crippen LogP contribution in [0.5, 0.6) is 0 Å². The van der Waals surface area contributed by atoms with Crippen molar-refractivity contribution in [3.8, 4) is 0 Å². The predicted molar refractivity (Wildman–Crippen MR) is 112 cm³/mol. The van der Waals surface area contributed by atoms with Crippen molar-refractivity contribution >= 4 is 17.9 Å². The van der Waals surface area contributed by atoms with Gasteiger partial charge in [-0.3, -0.25) is 14.5 Å². The van der Waals surface area contributed by atoms with Crippen LogP contribution >= 0.6 is 0 Å². The van der Waals surface area contributed by atoms with Gasteiger partial charge in [0.15, 0.2) is 0 Å². The zero-order valence-electron chi connectivity index (χ0n) is 18.4. The van der Waals surface area contributed by atoms with Crippen LogP contribution in [-0.2, 0) is 14.3 Å². The molecule has 7 heteroatoms. The van der Waals surface area contributed by atoms with Gasteiger partial charge in [0.25, 0.3) is 0 Å². The van der Waals surface area contributed by atoms with Gasteiger partial charge >= 0.3 is 12.0 Å². The Morgan fingerprint density at radius 1 is 0.821 bits per heavy atom. The molecular weight excluding hydrogens is 358 g/mol. The number of rotatable bonds is 16. The van der Waals surface area contributed by atoms with Gasteiger partial charge in [-0.05, 0) is 46.8 Å². The Hall–Kier alpha value is -1.63. The van der Waals surface area contributed by atoms with Gasteiger partial charge in [0.05, 0.1) is 7.11 Å². The topological polar surface area (TPSA) is 78.9 Å². The third kappa shape index (κ3) is 14.4. The highest BCUT2D eigenvalue weighted by atomic mass is 16.5. The van der Waals surface area contributed by atoms with E-state index in [0.29, 0.717) is 25.9 Å². The Bertz CT molecular complexity index is 441. The molecule has 0 atom stereocenters. The maximum Gasteiger partial charge on any atom is 0.324 e. The number of nitrogens with zero attached hydrogens (tertiary/aromatic N) is 2. The first-order valence-corrected chi connectivity index (χ1v) is 10.7. The highest BCUT2D eigenvalue weighted by molar-refractivity contribution is 5.94. The van der Waals surface area contributed by atoms with Crippen molar-refractivity contribution in [2.75, 3.05) is 40.8 Å². The molecule has 0 bridgehead atoms. The van der Waals surface area contributed by atoms with Crippen LogP contribution in [0.3, 0.4) is 0 Å². The standard InChI is InChI=1S/C21H41N3O4/c1-5-24(21(27)22-17-14-18-23(2)3)19(25)15-12-10-8-6-7-9-11-13-16-20(26)28-4/h5-18H2,1-4H3,(H,22,27). The van der Waals surface area contributed by atoms with Crippen molar-refractivity contribution in [2.45, 2.75) is 77.6 Å². The van der Waals surface area contributed by atoms with Gasteiger partial charge in [-0.25, -0.2) is 4.79 Å². The average molecular weight is 400 g/mol. The first-order valence-electron chi connectivity index (χ1n) is 10.7. The van der Waals surface area contributed by atoms with Crippen molar-refractivity contribution < 1.29 is 19.1 Å². The number of hydrogen-bond donors (Lipinski definition) is 1. The third-order valence-corrected chi connectivity index (χ3v) is 4.67. The molecule has 0 heterocycles. The number of amides is 3. The molecule has 0 saturated carbocycles. The first-order chi connectivity index (χ1) is 13.4. The summed E-state index contributed by atoms with van der Waals surface area (Å²) in [5.74, 6) is -0.219. The SMILES string of the molecule is CCN(C(=O)CCCCCCCCCCC(=O)OC)C(=O)NCCCN(C)C. The van der Waals surface area contributed by atoms with E-state index in [-0.39, 0.29) is 17.9 Å².